The quantitative estimate of drug-likeness (QED) is 0.474. The van der Waals surface area contributed by atoms with Gasteiger partial charge in [0.2, 0.25) is 0 Å². The standard InChI is InChI=1S/C12H17P/c1-2-13-11-7-6-10-12-8-4-3-5-9-12/h2-5,8-9,13H,1,6-7,10-11H2. The van der Waals surface area contributed by atoms with Crippen molar-refractivity contribution in [2.45, 2.75) is 19.3 Å². The molecule has 1 unspecified atom stereocenters. The van der Waals surface area contributed by atoms with Crippen LogP contribution in [-0.4, -0.2) is 6.16 Å². The van der Waals surface area contributed by atoms with Crippen LogP contribution in [0, 0.1) is 0 Å². The Kier molecular flexibility index (Phi) is 5.52. The highest BCUT2D eigenvalue weighted by Gasteiger charge is 1.91. The van der Waals surface area contributed by atoms with Gasteiger partial charge in [0, 0.05) is 0 Å². The van der Waals surface area contributed by atoms with E-state index in [0.717, 1.165) is 8.58 Å². The molecule has 0 saturated carbocycles. The molecule has 0 aliphatic heterocycles. The average Bonchev–Trinajstić information content (AvgIpc) is 2.19. The minimum Gasteiger partial charge on any atom is -0.0990 e. The lowest BCUT2D eigenvalue weighted by Crippen LogP contribution is -1.85. The number of benzene rings is 1. The molecule has 0 fully saturated rings. The monoisotopic (exact) mass is 192 g/mol. The molecule has 0 aliphatic carbocycles. The van der Waals surface area contributed by atoms with Gasteiger partial charge in [0.1, 0.15) is 0 Å². The van der Waals surface area contributed by atoms with Crippen molar-refractivity contribution in [3.05, 3.63) is 48.3 Å². The van der Waals surface area contributed by atoms with E-state index in [9.17, 15) is 0 Å². The van der Waals surface area contributed by atoms with Crippen LogP contribution < -0.4 is 0 Å². The lowest BCUT2D eigenvalue weighted by Gasteiger charge is -1.99. The summed E-state index contributed by atoms with van der Waals surface area (Å²) in [5.74, 6) is 2.03. The molecule has 0 saturated heterocycles. The molecule has 1 aromatic rings. The van der Waals surface area contributed by atoms with Crippen LogP contribution in [0.1, 0.15) is 18.4 Å². The first-order valence-electron chi connectivity index (χ1n) is 4.81. The Morgan fingerprint density at radius 1 is 1.15 bits per heavy atom. The third kappa shape index (κ3) is 4.85. The van der Waals surface area contributed by atoms with Gasteiger partial charge in [-0.3, -0.25) is 0 Å². The fourth-order valence-corrected chi connectivity index (χ4v) is 1.96. The van der Waals surface area contributed by atoms with Crippen LogP contribution >= 0.6 is 8.58 Å². The van der Waals surface area contributed by atoms with E-state index in [1.54, 1.807) is 0 Å². The van der Waals surface area contributed by atoms with E-state index in [1.807, 2.05) is 5.82 Å². The number of hydrogen-bond donors (Lipinski definition) is 0. The zero-order valence-electron chi connectivity index (χ0n) is 8.00. The SMILES string of the molecule is C=CPCCCCc1ccccc1. The first-order chi connectivity index (χ1) is 6.43. The molecule has 1 atom stereocenters. The van der Waals surface area contributed by atoms with Crippen LogP contribution in [0.15, 0.2) is 42.7 Å². The third-order valence-corrected chi connectivity index (χ3v) is 2.95. The van der Waals surface area contributed by atoms with Gasteiger partial charge in [-0.05, 0) is 31.0 Å². The molecule has 0 bridgehead atoms. The van der Waals surface area contributed by atoms with E-state index in [4.69, 9.17) is 0 Å². The van der Waals surface area contributed by atoms with Gasteiger partial charge in [-0.1, -0.05) is 51.3 Å². The zero-order valence-corrected chi connectivity index (χ0v) is 9.00. The van der Waals surface area contributed by atoms with Gasteiger partial charge in [0.25, 0.3) is 0 Å². The first-order valence-corrected chi connectivity index (χ1v) is 6.10. The van der Waals surface area contributed by atoms with Crippen LogP contribution in [0.5, 0.6) is 0 Å². The highest BCUT2D eigenvalue weighted by molar-refractivity contribution is 7.41. The molecule has 0 aromatic heterocycles. The van der Waals surface area contributed by atoms with E-state index in [1.165, 1.54) is 31.0 Å². The molecule has 0 amide bonds. The molecular formula is C12H17P. The highest BCUT2D eigenvalue weighted by atomic mass is 31.1. The van der Waals surface area contributed by atoms with Gasteiger partial charge in [0.15, 0.2) is 0 Å². The number of unbranched alkanes of at least 4 members (excludes halogenated alkanes) is 1. The van der Waals surface area contributed by atoms with Crippen molar-refractivity contribution >= 4 is 8.58 Å². The van der Waals surface area contributed by atoms with E-state index in [2.05, 4.69) is 36.9 Å². The molecule has 1 rings (SSSR count). The smallest absolute Gasteiger partial charge is 0.0279 e. The predicted molar refractivity (Wildman–Crippen MR) is 62.8 cm³/mol. The Balaban J connectivity index is 2.10. The molecule has 0 nitrogen and oxygen atoms in total. The van der Waals surface area contributed by atoms with Crippen molar-refractivity contribution in [2.75, 3.05) is 6.16 Å². The van der Waals surface area contributed by atoms with Gasteiger partial charge in [-0.25, -0.2) is 0 Å². The summed E-state index contributed by atoms with van der Waals surface area (Å²) >= 11 is 0. The van der Waals surface area contributed by atoms with Crippen LogP contribution in [0.3, 0.4) is 0 Å². The maximum absolute atomic E-state index is 3.73. The maximum atomic E-state index is 3.73. The van der Waals surface area contributed by atoms with Gasteiger partial charge >= 0.3 is 0 Å². The predicted octanol–water partition coefficient (Wildman–Crippen LogP) is 3.83. The highest BCUT2D eigenvalue weighted by Crippen LogP contribution is 2.14. The molecule has 0 radical (unpaired) electrons. The Morgan fingerprint density at radius 3 is 2.62 bits per heavy atom. The third-order valence-electron chi connectivity index (χ3n) is 2.02. The second-order valence-corrected chi connectivity index (χ2v) is 4.42. The second-order valence-electron chi connectivity index (χ2n) is 3.10. The number of rotatable bonds is 6. The minimum atomic E-state index is 0.946. The summed E-state index contributed by atoms with van der Waals surface area (Å²) in [6, 6.07) is 10.7. The summed E-state index contributed by atoms with van der Waals surface area (Å²) in [6.45, 7) is 3.73. The summed E-state index contributed by atoms with van der Waals surface area (Å²) in [4.78, 5) is 0. The normalized spacial score (nSPS) is 10.8. The van der Waals surface area contributed by atoms with Crippen LogP contribution in [-0.2, 0) is 6.42 Å². The largest absolute Gasteiger partial charge is 0.0990 e. The van der Waals surface area contributed by atoms with E-state index < -0.39 is 0 Å². The van der Waals surface area contributed by atoms with Crippen LogP contribution in [0.2, 0.25) is 0 Å². The summed E-state index contributed by atoms with van der Waals surface area (Å²) in [5, 5.41) is 0. The number of aryl methyl sites for hydroxylation is 1. The lowest BCUT2D eigenvalue weighted by molar-refractivity contribution is 0.802. The Hall–Kier alpha value is -0.610. The van der Waals surface area contributed by atoms with Crippen LogP contribution in [0.25, 0.3) is 0 Å². The van der Waals surface area contributed by atoms with Crippen molar-refractivity contribution in [2.24, 2.45) is 0 Å². The zero-order chi connectivity index (χ0) is 9.36. The molecule has 70 valence electrons. The van der Waals surface area contributed by atoms with Crippen molar-refractivity contribution in [3.8, 4) is 0 Å². The molecule has 1 aromatic carbocycles. The Morgan fingerprint density at radius 2 is 1.92 bits per heavy atom. The maximum Gasteiger partial charge on any atom is -0.0279 e. The van der Waals surface area contributed by atoms with Crippen LogP contribution in [0.4, 0.5) is 0 Å². The Bertz CT molecular complexity index is 228. The van der Waals surface area contributed by atoms with Crippen molar-refractivity contribution < 1.29 is 0 Å². The fourth-order valence-electron chi connectivity index (χ4n) is 1.30. The Labute approximate surface area is 82.8 Å². The van der Waals surface area contributed by atoms with Crippen molar-refractivity contribution in [1.29, 1.82) is 0 Å². The molecule has 0 spiro atoms. The molecule has 13 heavy (non-hydrogen) atoms. The average molecular weight is 192 g/mol. The molecule has 0 heterocycles. The van der Waals surface area contributed by atoms with Gasteiger partial charge in [-0.2, -0.15) is 0 Å². The fraction of sp³-hybridized carbons (Fsp3) is 0.333. The van der Waals surface area contributed by atoms with Crippen molar-refractivity contribution in [3.63, 3.8) is 0 Å². The molecular weight excluding hydrogens is 175 g/mol. The van der Waals surface area contributed by atoms with Crippen molar-refractivity contribution in [1.82, 2.24) is 0 Å². The minimum absolute atomic E-state index is 0.946. The van der Waals surface area contributed by atoms with E-state index in [0.29, 0.717) is 0 Å². The van der Waals surface area contributed by atoms with E-state index >= 15 is 0 Å². The summed E-state index contributed by atoms with van der Waals surface area (Å²) < 4.78 is 0. The summed E-state index contributed by atoms with van der Waals surface area (Å²) in [6.07, 6.45) is 5.18. The van der Waals surface area contributed by atoms with E-state index in [-0.39, 0.29) is 0 Å². The van der Waals surface area contributed by atoms with Gasteiger partial charge in [-0.15, -0.1) is 0 Å². The summed E-state index contributed by atoms with van der Waals surface area (Å²) in [5.41, 5.74) is 1.46. The first kappa shape index (κ1) is 10.5. The second kappa shape index (κ2) is 6.86. The molecule has 0 aliphatic rings. The van der Waals surface area contributed by atoms with Gasteiger partial charge < -0.3 is 0 Å². The summed E-state index contributed by atoms with van der Waals surface area (Å²) in [7, 11) is 0.946. The molecule has 0 N–H and O–H groups in total. The molecule has 1 heteroatoms. The number of hydrogen-bond acceptors (Lipinski definition) is 0. The lowest BCUT2D eigenvalue weighted by atomic mass is 10.1. The topological polar surface area (TPSA) is 0 Å². The van der Waals surface area contributed by atoms with Gasteiger partial charge in [0.05, 0.1) is 0 Å².